The van der Waals surface area contributed by atoms with E-state index in [1.807, 2.05) is 30.5 Å². The van der Waals surface area contributed by atoms with Gasteiger partial charge in [-0.25, -0.2) is 4.98 Å². The second-order valence-electron chi connectivity index (χ2n) is 5.24. The predicted octanol–water partition coefficient (Wildman–Crippen LogP) is 5.57. The molecule has 1 heterocycles. The fourth-order valence-corrected chi connectivity index (χ4v) is 3.30. The van der Waals surface area contributed by atoms with Crippen molar-refractivity contribution in [1.29, 1.82) is 0 Å². The molecule has 0 N–H and O–H groups in total. The third kappa shape index (κ3) is 4.15. The van der Waals surface area contributed by atoms with Crippen LogP contribution in [0.25, 0.3) is 10.6 Å². The Hall–Kier alpha value is -1.88. The minimum atomic E-state index is -0.430. The van der Waals surface area contributed by atoms with Gasteiger partial charge >= 0.3 is 5.97 Å². The Morgan fingerprint density at radius 3 is 2.83 bits per heavy atom. The molecule has 3 rings (SSSR count). The van der Waals surface area contributed by atoms with E-state index in [2.05, 4.69) is 11.1 Å². The molecule has 6 heteroatoms. The van der Waals surface area contributed by atoms with Gasteiger partial charge in [-0.05, 0) is 25.1 Å². The van der Waals surface area contributed by atoms with Crippen LogP contribution in [0.15, 0.2) is 47.8 Å². The van der Waals surface area contributed by atoms with Crippen molar-refractivity contribution in [1.82, 2.24) is 4.98 Å². The summed E-state index contributed by atoms with van der Waals surface area (Å²) in [5, 5.41) is 3.53. The molecule has 0 aliphatic rings. The van der Waals surface area contributed by atoms with Crippen LogP contribution in [0.1, 0.15) is 11.3 Å². The molecule has 0 aliphatic heterocycles. The Labute approximate surface area is 153 Å². The van der Waals surface area contributed by atoms with Gasteiger partial charge in [0.15, 0.2) is 5.75 Å². The third-order valence-corrected chi connectivity index (χ3v) is 4.75. The van der Waals surface area contributed by atoms with Gasteiger partial charge in [0.2, 0.25) is 0 Å². The van der Waals surface area contributed by atoms with Crippen LogP contribution in [-0.2, 0) is 11.2 Å². The number of esters is 1. The van der Waals surface area contributed by atoms with Gasteiger partial charge in [0.05, 0.1) is 17.1 Å². The number of hydrogen-bond acceptors (Lipinski definition) is 4. The van der Waals surface area contributed by atoms with E-state index in [4.69, 9.17) is 27.9 Å². The summed E-state index contributed by atoms with van der Waals surface area (Å²) < 4.78 is 5.27. The van der Waals surface area contributed by atoms with E-state index in [1.54, 1.807) is 12.1 Å². The van der Waals surface area contributed by atoms with Crippen molar-refractivity contribution in [3.05, 3.63) is 69.1 Å². The van der Waals surface area contributed by atoms with Crippen LogP contribution in [0.4, 0.5) is 0 Å². The van der Waals surface area contributed by atoms with Gasteiger partial charge in [-0.15, -0.1) is 11.3 Å². The zero-order valence-corrected chi connectivity index (χ0v) is 15.1. The number of benzene rings is 2. The van der Waals surface area contributed by atoms with Gasteiger partial charge in [0.1, 0.15) is 5.01 Å². The molecule has 2 aromatic carbocycles. The molecule has 3 aromatic rings. The van der Waals surface area contributed by atoms with E-state index in [1.165, 1.54) is 23.0 Å². The number of carbonyl (C=O) groups is 1. The van der Waals surface area contributed by atoms with E-state index in [0.29, 0.717) is 15.7 Å². The first kappa shape index (κ1) is 17.0. The molecule has 0 fully saturated rings. The number of hydrogen-bond donors (Lipinski definition) is 0. The molecule has 0 radical (unpaired) electrons. The standard InChI is InChI=1S/C18H13Cl2NO2S/c1-11-3-2-4-12(7-11)18-21-14(10-24-18)9-17(22)23-16-8-13(19)5-6-15(16)20/h2-8,10H,9H2,1H3. The Bertz CT molecular complexity index is 892. The van der Waals surface area contributed by atoms with E-state index < -0.39 is 5.97 Å². The molecule has 24 heavy (non-hydrogen) atoms. The van der Waals surface area contributed by atoms with Crippen LogP contribution in [0.5, 0.6) is 5.75 Å². The maximum Gasteiger partial charge on any atom is 0.317 e. The van der Waals surface area contributed by atoms with Crippen molar-refractivity contribution in [2.45, 2.75) is 13.3 Å². The largest absolute Gasteiger partial charge is 0.425 e. The topological polar surface area (TPSA) is 39.2 Å². The minimum absolute atomic E-state index is 0.0746. The van der Waals surface area contributed by atoms with E-state index in [0.717, 1.165) is 10.6 Å². The van der Waals surface area contributed by atoms with E-state index >= 15 is 0 Å². The van der Waals surface area contributed by atoms with Gasteiger partial charge in [-0.1, -0.05) is 47.0 Å². The molecule has 0 unspecified atom stereocenters. The van der Waals surface area contributed by atoms with Crippen molar-refractivity contribution < 1.29 is 9.53 Å². The van der Waals surface area contributed by atoms with Gasteiger partial charge in [0, 0.05) is 22.0 Å². The monoisotopic (exact) mass is 377 g/mol. The molecule has 0 bridgehead atoms. The lowest BCUT2D eigenvalue weighted by Gasteiger charge is -2.05. The molecule has 0 saturated carbocycles. The van der Waals surface area contributed by atoms with Gasteiger partial charge in [0.25, 0.3) is 0 Å². The summed E-state index contributed by atoms with van der Waals surface area (Å²) in [6.07, 6.45) is 0.0746. The highest BCUT2D eigenvalue weighted by Gasteiger charge is 2.13. The number of aryl methyl sites for hydroxylation is 1. The van der Waals surface area contributed by atoms with Crippen molar-refractivity contribution in [2.75, 3.05) is 0 Å². The number of rotatable bonds is 4. The highest BCUT2D eigenvalue weighted by atomic mass is 35.5. The Morgan fingerprint density at radius 1 is 1.21 bits per heavy atom. The predicted molar refractivity (Wildman–Crippen MR) is 98.1 cm³/mol. The third-order valence-electron chi connectivity index (χ3n) is 3.26. The average Bonchev–Trinajstić information content (AvgIpc) is 2.99. The number of halogens is 2. The lowest BCUT2D eigenvalue weighted by molar-refractivity contribution is -0.133. The van der Waals surface area contributed by atoms with Crippen LogP contribution in [0.2, 0.25) is 10.0 Å². The van der Waals surface area contributed by atoms with Gasteiger partial charge in [-0.2, -0.15) is 0 Å². The molecular weight excluding hydrogens is 365 g/mol. The number of ether oxygens (including phenoxy) is 1. The maximum atomic E-state index is 12.1. The molecule has 0 atom stereocenters. The number of nitrogens with zero attached hydrogens (tertiary/aromatic N) is 1. The first-order valence-electron chi connectivity index (χ1n) is 7.18. The first-order chi connectivity index (χ1) is 11.5. The maximum absolute atomic E-state index is 12.1. The summed E-state index contributed by atoms with van der Waals surface area (Å²) in [5.74, 6) is -0.177. The van der Waals surface area contributed by atoms with Crippen LogP contribution in [-0.4, -0.2) is 11.0 Å². The summed E-state index contributed by atoms with van der Waals surface area (Å²) in [4.78, 5) is 16.6. The summed E-state index contributed by atoms with van der Waals surface area (Å²) in [5.41, 5.74) is 2.87. The molecule has 3 nitrogen and oxygen atoms in total. The lowest BCUT2D eigenvalue weighted by Crippen LogP contribution is -2.11. The van der Waals surface area contributed by atoms with Crippen molar-refractivity contribution >= 4 is 40.5 Å². The summed E-state index contributed by atoms with van der Waals surface area (Å²) in [6.45, 7) is 2.03. The van der Waals surface area contributed by atoms with Crippen LogP contribution in [0.3, 0.4) is 0 Å². The zero-order chi connectivity index (χ0) is 17.1. The van der Waals surface area contributed by atoms with Crippen molar-refractivity contribution in [3.8, 4) is 16.3 Å². The lowest BCUT2D eigenvalue weighted by atomic mass is 10.1. The molecule has 1 aromatic heterocycles. The van der Waals surface area contributed by atoms with Gasteiger partial charge in [-0.3, -0.25) is 4.79 Å². The van der Waals surface area contributed by atoms with Gasteiger partial charge < -0.3 is 4.74 Å². The van der Waals surface area contributed by atoms with Crippen LogP contribution < -0.4 is 4.74 Å². The van der Waals surface area contributed by atoms with E-state index in [-0.39, 0.29) is 12.2 Å². The van der Waals surface area contributed by atoms with Crippen LogP contribution >= 0.6 is 34.5 Å². The molecule has 0 saturated heterocycles. The van der Waals surface area contributed by atoms with Crippen molar-refractivity contribution in [2.24, 2.45) is 0 Å². The zero-order valence-electron chi connectivity index (χ0n) is 12.8. The highest BCUT2D eigenvalue weighted by molar-refractivity contribution is 7.13. The number of aromatic nitrogens is 1. The van der Waals surface area contributed by atoms with Crippen LogP contribution in [0, 0.1) is 6.92 Å². The minimum Gasteiger partial charge on any atom is -0.425 e. The molecule has 122 valence electrons. The smallest absolute Gasteiger partial charge is 0.317 e. The Morgan fingerprint density at radius 2 is 2.04 bits per heavy atom. The quantitative estimate of drug-likeness (QED) is 0.440. The fourth-order valence-electron chi connectivity index (χ4n) is 2.16. The number of thiazole rings is 1. The normalized spacial score (nSPS) is 10.6. The molecular formula is C18H13Cl2NO2S. The SMILES string of the molecule is Cc1cccc(-c2nc(CC(=O)Oc3cc(Cl)ccc3Cl)cs2)c1. The summed E-state index contributed by atoms with van der Waals surface area (Å²) in [6, 6.07) is 12.8. The summed E-state index contributed by atoms with van der Waals surface area (Å²) >= 11 is 13.4. The second-order valence-corrected chi connectivity index (χ2v) is 6.94. The number of carbonyl (C=O) groups excluding carboxylic acids is 1. The first-order valence-corrected chi connectivity index (χ1v) is 8.82. The molecule has 0 spiro atoms. The second kappa shape index (κ2) is 7.34. The highest BCUT2D eigenvalue weighted by Crippen LogP contribution is 2.28. The summed E-state index contributed by atoms with van der Waals surface area (Å²) in [7, 11) is 0. The molecule has 0 aliphatic carbocycles. The van der Waals surface area contributed by atoms with Crippen molar-refractivity contribution in [3.63, 3.8) is 0 Å². The average molecular weight is 378 g/mol. The Kier molecular flexibility index (Phi) is 5.19. The van der Waals surface area contributed by atoms with E-state index in [9.17, 15) is 4.79 Å². The Balaban J connectivity index is 1.70. The molecule has 0 amide bonds. The fraction of sp³-hybridized carbons (Fsp3) is 0.111.